The van der Waals surface area contributed by atoms with E-state index >= 15 is 0 Å². The zero-order chi connectivity index (χ0) is 14.8. The van der Waals surface area contributed by atoms with Gasteiger partial charge in [0.05, 0.1) is 6.10 Å². The predicted molar refractivity (Wildman–Crippen MR) is 76.1 cm³/mol. The van der Waals surface area contributed by atoms with Crippen LogP contribution >= 0.6 is 0 Å². The molecule has 0 amide bonds. The standard InChI is InChI=1S/C14H27N3O3/c1-4-6-8-18-10-12-16-17-14(20-12)13(15)11(3)19-9-7-5-2/h11,13H,4-10,15H2,1-3H3/t11?,13-/m0/s1. The largest absolute Gasteiger partial charge is 0.421 e. The van der Waals surface area contributed by atoms with Gasteiger partial charge >= 0.3 is 0 Å². The minimum absolute atomic E-state index is 0.143. The van der Waals surface area contributed by atoms with Crippen LogP contribution in [0.15, 0.2) is 4.42 Å². The summed E-state index contributed by atoms with van der Waals surface area (Å²) in [5.41, 5.74) is 6.05. The van der Waals surface area contributed by atoms with Crippen molar-refractivity contribution in [3.63, 3.8) is 0 Å². The highest BCUT2D eigenvalue weighted by atomic mass is 16.5. The predicted octanol–water partition coefficient (Wildman–Crippen LogP) is 2.59. The third kappa shape index (κ3) is 5.98. The van der Waals surface area contributed by atoms with Crippen LogP contribution in [0.2, 0.25) is 0 Å². The number of nitrogens with zero attached hydrogens (tertiary/aromatic N) is 2. The Morgan fingerprint density at radius 3 is 2.55 bits per heavy atom. The van der Waals surface area contributed by atoms with Gasteiger partial charge in [0.1, 0.15) is 12.6 Å². The maximum atomic E-state index is 6.05. The van der Waals surface area contributed by atoms with E-state index in [1.807, 2.05) is 6.92 Å². The maximum Gasteiger partial charge on any atom is 0.242 e. The third-order valence-corrected chi connectivity index (χ3v) is 3.02. The lowest BCUT2D eigenvalue weighted by Gasteiger charge is -2.17. The summed E-state index contributed by atoms with van der Waals surface area (Å²) in [6.45, 7) is 7.90. The molecule has 0 radical (unpaired) electrons. The molecule has 1 aromatic rings. The van der Waals surface area contributed by atoms with Gasteiger partial charge in [0, 0.05) is 13.2 Å². The van der Waals surface area contributed by atoms with Gasteiger partial charge in [-0.1, -0.05) is 26.7 Å². The van der Waals surface area contributed by atoms with Gasteiger partial charge in [0.25, 0.3) is 0 Å². The first kappa shape index (κ1) is 17.1. The molecule has 6 nitrogen and oxygen atoms in total. The van der Waals surface area contributed by atoms with E-state index in [4.69, 9.17) is 19.6 Å². The van der Waals surface area contributed by atoms with E-state index in [-0.39, 0.29) is 6.10 Å². The number of unbranched alkanes of at least 4 members (excludes halogenated alkanes) is 2. The van der Waals surface area contributed by atoms with E-state index in [0.717, 1.165) is 25.7 Å². The maximum absolute atomic E-state index is 6.05. The fraction of sp³-hybridized carbons (Fsp3) is 0.857. The lowest BCUT2D eigenvalue weighted by atomic mass is 10.2. The first-order chi connectivity index (χ1) is 9.69. The number of hydrogen-bond donors (Lipinski definition) is 1. The van der Waals surface area contributed by atoms with Crippen LogP contribution in [0.5, 0.6) is 0 Å². The Morgan fingerprint density at radius 1 is 1.15 bits per heavy atom. The number of rotatable bonds is 11. The first-order valence-electron chi connectivity index (χ1n) is 7.46. The highest BCUT2D eigenvalue weighted by Gasteiger charge is 2.21. The monoisotopic (exact) mass is 285 g/mol. The highest BCUT2D eigenvalue weighted by molar-refractivity contribution is 4.91. The molecule has 0 aromatic carbocycles. The molecule has 1 rings (SSSR count). The van der Waals surface area contributed by atoms with Crippen molar-refractivity contribution < 1.29 is 13.9 Å². The van der Waals surface area contributed by atoms with E-state index in [0.29, 0.717) is 31.6 Å². The Hall–Kier alpha value is -0.980. The summed E-state index contributed by atoms with van der Waals surface area (Å²) in [7, 11) is 0. The molecule has 2 atom stereocenters. The van der Waals surface area contributed by atoms with Crippen LogP contribution in [0.4, 0.5) is 0 Å². The first-order valence-corrected chi connectivity index (χ1v) is 7.46. The Kier molecular flexibility index (Phi) is 8.41. The second kappa shape index (κ2) is 9.85. The molecule has 6 heteroatoms. The molecule has 1 aromatic heterocycles. The van der Waals surface area contributed by atoms with Crippen LogP contribution in [0.3, 0.4) is 0 Å². The number of hydrogen-bond acceptors (Lipinski definition) is 6. The van der Waals surface area contributed by atoms with Crippen molar-refractivity contribution in [1.29, 1.82) is 0 Å². The average Bonchev–Trinajstić information content (AvgIpc) is 2.91. The summed E-state index contributed by atoms with van der Waals surface area (Å²) in [5, 5.41) is 7.90. The average molecular weight is 285 g/mol. The van der Waals surface area contributed by atoms with Crippen LogP contribution in [0, 0.1) is 0 Å². The van der Waals surface area contributed by atoms with Crippen LogP contribution in [-0.2, 0) is 16.1 Å². The molecule has 0 spiro atoms. The van der Waals surface area contributed by atoms with E-state index in [2.05, 4.69) is 24.0 Å². The van der Waals surface area contributed by atoms with Crippen LogP contribution in [0.1, 0.15) is 64.3 Å². The Balaban J connectivity index is 2.36. The van der Waals surface area contributed by atoms with Gasteiger partial charge < -0.3 is 19.6 Å². The Bertz CT molecular complexity index is 357. The topological polar surface area (TPSA) is 83.4 Å². The molecule has 0 aliphatic carbocycles. The van der Waals surface area contributed by atoms with Crippen molar-refractivity contribution in [3.8, 4) is 0 Å². The molecule has 0 fully saturated rings. The minimum Gasteiger partial charge on any atom is -0.421 e. The molecular weight excluding hydrogens is 258 g/mol. The van der Waals surface area contributed by atoms with Gasteiger partial charge in [-0.3, -0.25) is 0 Å². The van der Waals surface area contributed by atoms with Crippen LogP contribution < -0.4 is 5.73 Å². The summed E-state index contributed by atoms with van der Waals surface area (Å²) < 4.78 is 16.6. The molecular formula is C14H27N3O3. The fourth-order valence-corrected chi connectivity index (χ4v) is 1.58. The second-order valence-corrected chi connectivity index (χ2v) is 4.90. The van der Waals surface area contributed by atoms with Gasteiger partial charge in [-0.15, -0.1) is 10.2 Å². The summed E-state index contributed by atoms with van der Waals surface area (Å²) in [5.74, 6) is 0.871. The lowest BCUT2D eigenvalue weighted by Crippen LogP contribution is -2.27. The molecule has 0 saturated carbocycles. The van der Waals surface area contributed by atoms with Crippen molar-refractivity contribution in [1.82, 2.24) is 10.2 Å². The zero-order valence-corrected chi connectivity index (χ0v) is 12.8. The number of aromatic nitrogens is 2. The fourth-order valence-electron chi connectivity index (χ4n) is 1.58. The van der Waals surface area contributed by atoms with Gasteiger partial charge in [-0.25, -0.2) is 0 Å². The molecule has 2 N–H and O–H groups in total. The summed E-state index contributed by atoms with van der Waals surface area (Å²) >= 11 is 0. The number of ether oxygens (including phenoxy) is 2. The van der Waals surface area contributed by atoms with Crippen molar-refractivity contribution in [2.75, 3.05) is 13.2 Å². The normalized spacial score (nSPS) is 14.4. The molecule has 0 aliphatic rings. The third-order valence-electron chi connectivity index (χ3n) is 3.02. The molecule has 20 heavy (non-hydrogen) atoms. The van der Waals surface area contributed by atoms with E-state index in [1.165, 1.54) is 0 Å². The van der Waals surface area contributed by atoms with Crippen molar-refractivity contribution in [3.05, 3.63) is 11.8 Å². The molecule has 116 valence electrons. The van der Waals surface area contributed by atoms with Gasteiger partial charge in [-0.05, 0) is 19.8 Å². The molecule has 1 heterocycles. The molecule has 0 bridgehead atoms. The van der Waals surface area contributed by atoms with Crippen LogP contribution in [0.25, 0.3) is 0 Å². The van der Waals surface area contributed by atoms with Gasteiger partial charge in [-0.2, -0.15) is 0 Å². The Morgan fingerprint density at radius 2 is 1.85 bits per heavy atom. The quantitative estimate of drug-likeness (QED) is 0.629. The summed E-state index contributed by atoms with van der Waals surface area (Å²) in [6.07, 6.45) is 4.12. The van der Waals surface area contributed by atoms with Gasteiger partial charge in [0.15, 0.2) is 0 Å². The van der Waals surface area contributed by atoms with Gasteiger partial charge in [0.2, 0.25) is 11.8 Å². The number of nitrogens with two attached hydrogens (primary N) is 1. The van der Waals surface area contributed by atoms with E-state index < -0.39 is 6.04 Å². The summed E-state index contributed by atoms with van der Waals surface area (Å²) in [6, 6.07) is -0.399. The Labute approximate surface area is 121 Å². The summed E-state index contributed by atoms with van der Waals surface area (Å²) in [4.78, 5) is 0. The smallest absolute Gasteiger partial charge is 0.242 e. The highest BCUT2D eigenvalue weighted by Crippen LogP contribution is 2.16. The van der Waals surface area contributed by atoms with Crippen molar-refractivity contribution in [2.45, 2.75) is 65.2 Å². The van der Waals surface area contributed by atoms with E-state index in [1.54, 1.807) is 0 Å². The zero-order valence-electron chi connectivity index (χ0n) is 12.8. The lowest BCUT2D eigenvalue weighted by molar-refractivity contribution is 0.0388. The van der Waals surface area contributed by atoms with Crippen LogP contribution in [-0.4, -0.2) is 29.5 Å². The molecule has 0 aliphatic heterocycles. The second-order valence-electron chi connectivity index (χ2n) is 4.90. The van der Waals surface area contributed by atoms with E-state index in [9.17, 15) is 0 Å². The van der Waals surface area contributed by atoms with Crippen molar-refractivity contribution in [2.24, 2.45) is 5.73 Å². The van der Waals surface area contributed by atoms with Crippen molar-refractivity contribution >= 4 is 0 Å². The molecule has 0 saturated heterocycles. The molecule has 1 unspecified atom stereocenters. The SMILES string of the molecule is CCCCOCc1nnc([C@@H](N)C(C)OCCCC)o1. The minimum atomic E-state index is -0.399.